The number of hydrogen-bond acceptors (Lipinski definition) is 4. The molecule has 2 aromatic heterocycles. The van der Waals surface area contributed by atoms with Crippen LogP contribution in [0, 0.1) is 0 Å². The number of imidazole rings is 1. The summed E-state index contributed by atoms with van der Waals surface area (Å²) in [5.74, 6) is 0.846. The van der Waals surface area contributed by atoms with Crippen LogP contribution >= 0.6 is 11.3 Å². The molecule has 0 aliphatic heterocycles. The molecule has 4 nitrogen and oxygen atoms in total. The smallest absolute Gasteiger partial charge is 0.157 e. The van der Waals surface area contributed by atoms with E-state index in [1.807, 2.05) is 17.1 Å². The summed E-state index contributed by atoms with van der Waals surface area (Å²) in [4.78, 5) is 11.7. The third kappa shape index (κ3) is 2.00. The number of H-pyrrole nitrogens is 1. The van der Waals surface area contributed by atoms with Crippen molar-refractivity contribution in [1.82, 2.24) is 20.3 Å². The summed E-state index contributed by atoms with van der Waals surface area (Å²) in [6.07, 6.45) is 1.84. The van der Waals surface area contributed by atoms with Crippen LogP contribution in [0.2, 0.25) is 0 Å². The van der Waals surface area contributed by atoms with E-state index in [1.54, 1.807) is 11.3 Å². The minimum absolute atomic E-state index is 0.827. The van der Waals surface area contributed by atoms with Gasteiger partial charge in [0, 0.05) is 17.6 Å². The molecule has 0 aromatic carbocycles. The largest absolute Gasteiger partial charge is 0.339 e. The Labute approximate surface area is 86.4 Å². The highest BCUT2D eigenvalue weighted by atomic mass is 32.1. The topological polar surface area (TPSA) is 53.6 Å². The molecule has 0 aliphatic rings. The molecule has 74 valence electrons. The first-order valence-corrected chi connectivity index (χ1v) is 5.47. The van der Waals surface area contributed by atoms with Gasteiger partial charge < -0.3 is 10.3 Å². The van der Waals surface area contributed by atoms with Gasteiger partial charge in [-0.3, -0.25) is 0 Å². The van der Waals surface area contributed by atoms with Crippen molar-refractivity contribution in [3.8, 4) is 11.5 Å². The van der Waals surface area contributed by atoms with Crippen molar-refractivity contribution in [3.63, 3.8) is 0 Å². The maximum Gasteiger partial charge on any atom is 0.157 e. The van der Waals surface area contributed by atoms with E-state index in [0.29, 0.717) is 0 Å². The zero-order valence-electron chi connectivity index (χ0n) is 7.95. The molecular weight excluding hydrogens is 196 g/mol. The molecule has 2 aromatic rings. The van der Waals surface area contributed by atoms with Gasteiger partial charge in [-0.1, -0.05) is 6.92 Å². The highest BCUT2D eigenvalue weighted by Gasteiger charge is 2.03. The van der Waals surface area contributed by atoms with Gasteiger partial charge in [-0.05, 0) is 6.54 Å². The molecule has 0 unspecified atom stereocenters. The Kier molecular flexibility index (Phi) is 2.90. The number of aromatic amines is 1. The van der Waals surface area contributed by atoms with Gasteiger partial charge in [0.15, 0.2) is 5.82 Å². The molecule has 0 amide bonds. The van der Waals surface area contributed by atoms with Crippen molar-refractivity contribution in [2.75, 3.05) is 6.54 Å². The van der Waals surface area contributed by atoms with Crippen molar-refractivity contribution in [3.05, 3.63) is 22.8 Å². The first-order valence-electron chi connectivity index (χ1n) is 4.53. The lowest BCUT2D eigenvalue weighted by Crippen LogP contribution is -2.11. The van der Waals surface area contributed by atoms with E-state index in [1.165, 1.54) is 0 Å². The molecule has 0 spiro atoms. The van der Waals surface area contributed by atoms with Gasteiger partial charge in [0.1, 0.15) is 5.69 Å². The minimum atomic E-state index is 0.827. The number of nitrogens with zero attached hydrogens (tertiary/aromatic N) is 2. The van der Waals surface area contributed by atoms with E-state index in [2.05, 4.69) is 27.2 Å². The van der Waals surface area contributed by atoms with Crippen LogP contribution in [-0.2, 0) is 6.54 Å². The van der Waals surface area contributed by atoms with E-state index in [-0.39, 0.29) is 0 Å². The summed E-state index contributed by atoms with van der Waals surface area (Å²) in [7, 11) is 0. The van der Waals surface area contributed by atoms with Gasteiger partial charge in [0.05, 0.1) is 11.7 Å². The Bertz CT molecular complexity index is 379. The molecular formula is C9H12N4S. The van der Waals surface area contributed by atoms with Crippen molar-refractivity contribution in [2.24, 2.45) is 0 Å². The first kappa shape index (κ1) is 9.36. The number of nitrogens with one attached hydrogen (secondary N) is 2. The van der Waals surface area contributed by atoms with Crippen LogP contribution in [0.25, 0.3) is 11.5 Å². The monoisotopic (exact) mass is 208 g/mol. The fraction of sp³-hybridized carbons (Fsp3) is 0.333. The van der Waals surface area contributed by atoms with Crippen LogP contribution in [0.15, 0.2) is 17.1 Å². The van der Waals surface area contributed by atoms with Gasteiger partial charge in [-0.25, -0.2) is 9.97 Å². The Morgan fingerprint density at radius 3 is 3.14 bits per heavy atom. The lowest BCUT2D eigenvalue weighted by molar-refractivity contribution is 0.714. The lowest BCUT2D eigenvalue weighted by atomic mass is 10.4. The minimum Gasteiger partial charge on any atom is -0.339 e. The van der Waals surface area contributed by atoms with E-state index >= 15 is 0 Å². The number of rotatable bonds is 4. The summed E-state index contributed by atoms with van der Waals surface area (Å²) in [6.45, 7) is 3.87. The maximum absolute atomic E-state index is 4.26. The van der Waals surface area contributed by atoms with Crippen molar-refractivity contribution in [1.29, 1.82) is 0 Å². The third-order valence-electron chi connectivity index (χ3n) is 1.87. The molecule has 2 N–H and O–H groups in total. The van der Waals surface area contributed by atoms with Gasteiger partial charge >= 0.3 is 0 Å². The molecule has 0 saturated carbocycles. The van der Waals surface area contributed by atoms with Crippen LogP contribution in [0.1, 0.15) is 12.6 Å². The number of thiazole rings is 1. The van der Waals surface area contributed by atoms with Crippen molar-refractivity contribution < 1.29 is 0 Å². The third-order valence-corrected chi connectivity index (χ3v) is 2.46. The first-order chi connectivity index (χ1) is 6.90. The quantitative estimate of drug-likeness (QED) is 0.803. The molecule has 5 heteroatoms. The van der Waals surface area contributed by atoms with Crippen molar-refractivity contribution in [2.45, 2.75) is 13.5 Å². The summed E-state index contributed by atoms with van der Waals surface area (Å²) in [5, 5.41) is 5.22. The number of aromatic nitrogens is 3. The summed E-state index contributed by atoms with van der Waals surface area (Å²) in [6, 6.07) is 0. The fourth-order valence-corrected chi connectivity index (χ4v) is 1.70. The highest BCUT2D eigenvalue weighted by Crippen LogP contribution is 2.14. The zero-order valence-corrected chi connectivity index (χ0v) is 8.77. The second-order valence-corrected chi connectivity index (χ2v) is 3.63. The summed E-state index contributed by atoms with van der Waals surface area (Å²) >= 11 is 1.57. The van der Waals surface area contributed by atoms with E-state index in [4.69, 9.17) is 0 Å². The predicted molar refractivity (Wildman–Crippen MR) is 57.1 cm³/mol. The molecule has 2 heterocycles. The average Bonchev–Trinajstić information content (AvgIpc) is 2.85. The zero-order chi connectivity index (χ0) is 9.80. The average molecular weight is 208 g/mol. The van der Waals surface area contributed by atoms with E-state index < -0.39 is 0 Å². The molecule has 0 bridgehead atoms. The molecule has 0 aliphatic carbocycles. The molecule has 0 saturated heterocycles. The standard InChI is InChI=1S/C9H12N4S/c1-2-10-3-7-4-11-9(13-7)8-5-14-6-12-8/h4-6,10H,2-3H2,1H3,(H,11,13). The Hall–Kier alpha value is -1.20. The van der Waals surface area contributed by atoms with E-state index in [9.17, 15) is 0 Å². The summed E-state index contributed by atoms with van der Waals surface area (Å²) < 4.78 is 0. The Morgan fingerprint density at radius 2 is 2.43 bits per heavy atom. The van der Waals surface area contributed by atoms with E-state index in [0.717, 1.165) is 30.3 Å². The Morgan fingerprint density at radius 1 is 1.50 bits per heavy atom. The maximum atomic E-state index is 4.26. The van der Waals surface area contributed by atoms with Gasteiger partial charge in [-0.2, -0.15) is 0 Å². The van der Waals surface area contributed by atoms with Crippen LogP contribution in [0.4, 0.5) is 0 Å². The van der Waals surface area contributed by atoms with Gasteiger partial charge in [-0.15, -0.1) is 11.3 Å². The molecule has 14 heavy (non-hydrogen) atoms. The van der Waals surface area contributed by atoms with Crippen LogP contribution in [-0.4, -0.2) is 21.5 Å². The SMILES string of the molecule is CCNCc1cnc(-c2cscn2)[nH]1. The fourth-order valence-electron chi connectivity index (χ4n) is 1.17. The molecule has 0 atom stereocenters. The van der Waals surface area contributed by atoms with Gasteiger partial charge in [0.2, 0.25) is 0 Å². The van der Waals surface area contributed by atoms with Crippen molar-refractivity contribution >= 4 is 11.3 Å². The number of hydrogen-bond donors (Lipinski definition) is 2. The predicted octanol–water partition coefficient (Wildman–Crippen LogP) is 1.64. The molecule has 0 fully saturated rings. The summed E-state index contributed by atoms with van der Waals surface area (Å²) in [5.41, 5.74) is 3.81. The second-order valence-electron chi connectivity index (χ2n) is 2.91. The van der Waals surface area contributed by atoms with Crippen LogP contribution in [0.3, 0.4) is 0 Å². The Balaban J connectivity index is 2.10. The highest BCUT2D eigenvalue weighted by molar-refractivity contribution is 7.07. The lowest BCUT2D eigenvalue weighted by Gasteiger charge is -1.96. The normalized spacial score (nSPS) is 10.6. The van der Waals surface area contributed by atoms with Crippen LogP contribution < -0.4 is 5.32 Å². The van der Waals surface area contributed by atoms with Gasteiger partial charge in [0.25, 0.3) is 0 Å². The van der Waals surface area contributed by atoms with Crippen LogP contribution in [0.5, 0.6) is 0 Å². The molecule has 2 rings (SSSR count). The molecule has 0 radical (unpaired) electrons. The second kappa shape index (κ2) is 4.34.